The number of nitrogens with zero attached hydrogens (tertiary/aromatic N) is 4. The molecule has 2 aromatic heterocycles. The number of benzene rings is 1. The van der Waals surface area contributed by atoms with Gasteiger partial charge in [-0.2, -0.15) is 10.1 Å². The van der Waals surface area contributed by atoms with Crippen LogP contribution in [0, 0.1) is 5.82 Å². The van der Waals surface area contributed by atoms with E-state index in [4.69, 9.17) is 16.3 Å². The van der Waals surface area contributed by atoms with Crippen molar-refractivity contribution in [3.05, 3.63) is 60.3 Å². The van der Waals surface area contributed by atoms with Gasteiger partial charge >= 0.3 is 0 Å². The SMILES string of the molecule is C=CC(=O)Nc1ccc(F)c(Oc2nc(Nc3cnn(C)c3)ncc2Cl)c1. The number of aromatic nitrogens is 4. The fourth-order valence-electron chi connectivity index (χ4n) is 2.05. The molecule has 1 amide bonds. The zero-order chi connectivity index (χ0) is 19.4. The van der Waals surface area contributed by atoms with Gasteiger partial charge in [0, 0.05) is 25.0 Å². The summed E-state index contributed by atoms with van der Waals surface area (Å²) in [5, 5.41) is 9.56. The van der Waals surface area contributed by atoms with Crippen molar-refractivity contribution in [3.63, 3.8) is 0 Å². The Balaban J connectivity index is 1.84. The van der Waals surface area contributed by atoms with Crippen LogP contribution in [-0.4, -0.2) is 25.7 Å². The molecule has 138 valence electrons. The molecule has 3 aromatic rings. The van der Waals surface area contributed by atoms with Gasteiger partial charge in [-0.15, -0.1) is 0 Å². The van der Waals surface area contributed by atoms with E-state index in [0.717, 1.165) is 12.1 Å². The predicted octanol–water partition coefficient (Wildman–Crippen LogP) is 3.66. The van der Waals surface area contributed by atoms with Gasteiger partial charge in [0.25, 0.3) is 0 Å². The van der Waals surface area contributed by atoms with Crippen molar-refractivity contribution in [2.75, 3.05) is 10.6 Å². The maximum absolute atomic E-state index is 14.1. The van der Waals surface area contributed by atoms with E-state index in [9.17, 15) is 9.18 Å². The summed E-state index contributed by atoms with van der Waals surface area (Å²) in [6, 6.07) is 3.85. The first-order chi connectivity index (χ1) is 12.9. The normalized spacial score (nSPS) is 10.3. The molecule has 1 aromatic carbocycles. The number of nitrogens with one attached hydrogen (secondary N) is 2. The van der Waals surface area contributed by atoms with E-state index in [1.54, 1.807) is 24.1 Å². The molecule has 0 saturated heterocycles. The highest BCUT2D eigenvalue weighted by Crippen LogP contribution is 2.31. The first-order valence-electron chi connectivity index (χ1n) is 7.63. The lowest BCUT2D eigenvalue weighted by Gasteiger charge is -2.10. The number of halogens is 2. The molecule has 0 atom stereocenters. The van der Waals surface area contributed by atoms with Crippen molar-refractivity contribution < 1.29 is 13.9 Å². The molecule has 0 saturated carbocycles. The summed E-state index contributed by atoms with van der Waals surface area (Å²) in [6.07, 6.45) is 5.74. The molecule has 0 aliphatic carbocycles. The van der Waals surface area contributed by atoms with E-state index in [1.807, 2.05) is 0 Å². The van der Waals surface area contributed by atoms with Crippen molar-refractivity contribution in [1.29, 1.82) is 0 Å². The Morgan fingerprint density at radius 1 is 1.37 bits per heavy atom. The first kappa shape index (κ1) is 18.3. The summed E-state index contributed by atoms with van der Waals surface area (Å²) in [5.74, 6) is -1.11. The summed E-state index contributed by atoms with van der Waals surface area (Å²) < 4.78 is 21.2. The minimum Gasteiger partial charge on any atom is -0.434 e. The molecule has 0 fully saturated rings. The number of aryl methyl sites for hydroxylation is 1. The smallest absolute Gasteiger partial charge is 0.247 e. The molecule has 2 heterocycles. The van der Waals surface area contributed by atoms with Crippen LogP contribution in [-0.2, 0) is 11.8 Å². The van der Waals surface area contributed by atoms with Crippen molar-refractivity contribution in [3.8, 4) is 11.6 Å². The Hall–Kier alpha value is -3.46. The molecule has 0 unspecified atom stereocenters. The number of amides is 1. The molecule has 0 bridgehead atoms. The van der Waals surface area contributed by atoms with Gasteiger partial charge in [-0.3, -0.25) is 9.48 Å². The molecule has 0 aliphatic rings. The second kappa shape index (κ2) is 7.83. The van der Waals surface area contributed by atoms with Crippen LogP contribution < -0.4 is 15.4 Å². The number of rotatable bonds is 6. The molecule has 27 heavy (non-hydrogen) atoms. The van der Waals surface area contributed by atoms with Gasteiger partial charge in [0.2, 0.25) is 17.7 Å². The van der Waals surface area contributed by atoms with Crippen LogP contribution in [0.4, 0.5) is 21.7 Å². The van der Waals surface area contributed by atoms with E-state index >= 15 is 0 Å². The average Bonchev–Trinajstić information content (AvgIpc) is 3.05. The molecule has 0 radical (unpaired) electrons. The second-order valence-electron chi connectivity index (χ2n) is 5.32. The van der Waals surface area contributed by atoms with Crippen molar-refractivity contribution >= 4 is 34.8 Å². The van der Waals surface area contributed by atoms with Crippen LogP contribution in [0.3, 0.4) is 0 Å². The van der Waals surface area contributed by atoms with Crippen molar-refractivity contribution in [2.45, 2.75) is 0 Å². The standard InChI is InChI=1S/C17H14ClFN6O2/c1-3-15(26)22-10-4-5-13(19)14(6-10)27-16-12(18)8-20-17(24-16)23-11-7-21-25(2)9-11/h3-9H,1H2,2H3,(H,22,26)(H,20,23,24). The number of anilines is 3. The third-order valence-corrected chi connectivity index (χ3v) is 3.52. The summed E-state index contributed by atoms with van der Waals surface area (Å²) >= 11 is 6.05. The topological polar surface area (TPSA) is 94.0 Å². The molecule has 3 rings (SSSR count). The Labute approximate surface area is 158 Å². The van der Waals surface area contributed by atoms with Crippen LogP contribution in [0.5, 0.6) is 11.6 Å². The zero-order valence-electron chi connectivity index (χ0n) is 14.1. The van der Waals surface area contributed by atoms with E-state index in [1.165, 1.54) is 18.3 Å². The lowest BCUT2D eigenvalue weighted by atomic mass is 10.3. The van der Waals surface area contributed by atoms with Gasteiger partial charge in [-0.25, -0.2) is 9.37 Å². The highest BCUT2D eigenvalue weighted by Gasteiger charge is 2.13. The minimum atomic E-state index is -0.650. The van der Waals surface area contributed by atoms with Crippen LogP contribution >= 0.6 is 11.6 Å². The van der Waals surface area contributed by atoms with Crippen LogP contribution in [0.1, 0.15) is 0 Å². The van der Waals surface area contributed by atoms with Crippen LogP contribution in [0.15, 0.2) is 49.4 Å². The third kappa shape index (κ3) is 4.59. The maximum Gasteiger partial charge on any atom is 0.247 e. The number of carbonyl (C=O) groups excluding carboxylic acids is 1. The summed E-state index contributed by atoms with van der Waals surface area (Å²) in [7, 11) is 1.77. The predicted molar refractivity (Wildman–Crippen MR) is 98.8 cm³/mol. The number of ether oxygens (including phenoxy) is 1. The van der Waals surface area contributed by atoms with E-state index in [2.05, 4.69) is 32.3 Å². The highest BCUT2D eigenvalue weighted by atomic mass is 35.5. The van der Waals surface area contributed by atoms with E-state index < -0.39 is 11.7 Å². The average molecular weight is 389 g/mol. The van der Waals surface area contributed by atoms with E-state index in [0.29, 0.717) is 11.4 Å². The van der Waals surface area contributed by atoms with Gasteiger partial charge in [-0.1, -0.05) is 18.2 Å². The number of carbonyl (C=O) groups is 1. The lowest BCUT2D eigenvalue weighted by molar-refractivity contribution is -0.111. The van der Waals surface area contributed by atoms with Crippen LogP contribution in [0.25, 0.3) is 0 Å². The zero-order valence-corrected chi connectivity index (χ0v) is 14.9. The lowest BCUT2D eigenvalue weighted by Crippen LogP contribution is -2.07. The fraction of sp³-hybridized carbons (Fsp3) is 0.0588. The van der Waals surface area contributed by atoms with Gasteiger partial charge in [0.15, 0.2) is 11.6 Å². The van der Waals surface area contributed by atoms with Crippen molar-refractivity contribution in [2.24, 2.45) is 7.05 Å². The Morgan fingerprint density at radius 3 is 2.89 bits per heavy atom. The Morgan fingerprint density at radius 2 is 2.19 bits per heavy atom. The number of hydrogen-bond donors (Lipinski definition) is 2. The minimum absolute atomic E-state index is 0.0517. The van der Waals surface area contributed by atoms with Gasteiger partial charge in [0.05, 0.1) is 18.1 Å². The van der Waals surface area contributed by atoms with Crippen molar-refractivity contribution in [1.82, 2.24) is 19.7 Å². The Kier molecular flexibility index (Phi) is 5.32. The molecule has 2 N–H and O–H groups in total. The van der Waals surface area contributed by atoms with Gasteiger partial charge in [0.1, 0.15) is 5.02 Å². The van der Waals surface area contributed by atoms with E-state index in [-0.39, 0.29) is 22.6 Å². The maximum atomic E-state index is 14.1. The first-order valence-corrected chi connectivity index (χ1v) is 8.01. The molecule has 10 heteroatoms. The molecular weight excluding hydrogens is 375 g/mol. The quantitative estimate of drug-likeness (QED) is 0.626. The molecule has 8 nitrogen and oxygen atoms in total. The van der Waals surface area contributed by atoms with Crippen LogP contribution in [0.2, 0.25) is 5.02 Å². The third-order valence-electron chi connectivity index (χ3n) is 3.26. The highest BCUT2D eigenvalue weighted by molar-refractivity contribution is 6.31. The summed E-state index contributed by atoms with van der Waals surface area (Å²) in [6.45, 7) is 3.36. The molecule has 0 spiro atoms. The van der Waals surface area contributed by atoms with Gasteiger partial charge < -0.3 is 15.4 Å². The summed E-state index contributed by atoms with van der Waals surface area (Å²) in [5.41, 5.74) is 0.987. The summed E-state index contributed by atoms with van der Waals surface area (Å²) in [4.78, 5) is 19.6. The monoisotopic (exact) mass is 388 g/mol. The Bertz CT molecular complexity index is 1010. The largest absolute Gasteiger partial charge is 0.434 e. The molecule has 0 aliphatic heterocycles. The fourth-order valence-corrected chi connectivity index (χ4v) is 2.18. The second-order valence-corrected chi connectivity index (χ2v) is 5.72. The molecular formula is C17H14ClFN6O2. The number of hydrogen-bond acceptors (Lipinski definition) is 6. The van der Waals surface area contributed by atoms with Gasteiger partial charge in [-0.05, 0) is 18.2 Å².